The number of hydrogen-bond donors (Lipinski definition) is 1. The highest BCUT2D eigenvalue weighted by atomic mass is 19.4. The summed E-state index contributed by atoms with van der Waals surface area (Å²) in [7, 11) is 2.02. The number of carbonyl (C=O) groups excluding carboxylic acids is 4. The van der Waals surface area contributed by atoms with E-state index in [1.807, 2.05) is 31.4 Å². The van der Waals surface area contributed by atoms with Gasteiger partial charge in [-0.15, -0.1) is 0 Å². The minimum atomic E-state index is -4.72. The van der Waals surface area contributed by atoms with Crippen LogP contribution in [-0.2, 0) is 27.5 Å². The molecule has 1 saturated heterocycles. The molecule has 1 saturated carbocycles. The lowest BCUT2D eigenvalue weighted by atomic mass is 9.92. The second kappa shape index (κ2) is 16.3. The zero-order chi connectivity index (χ0) is 43.1. The highest BCUT2D eigenvalue weighted by molar-refractivity contribution is 6.23. The predicted octanol–water partition coefficient (Wildman–Crippen LogP) is 6.04. The van der Waals surface area contributed by atoms with Crippen molar-refractivity contribution in [3.05, 3.63) is 108 Å². The molecule has 2 aliphatic heterocycles. The highest BCUT2D eigenvalue weighted by Gasteiger charge is 2.45. The molecule has 1 N–H and O–H groups in total. The van der Waals surface area contributed by atoms with Crippen molar-refractivity contribution >= 4 is 45.4 Å². The zero-order valence-electron chi connectivity index (χ0n) is 32.9. The number of carbonyl (C=O) groups is 4. The Balaban J connectivity index is 0.733. The first-order chi connectivity index (χ1) is 29.9. The molecule has 62 heavy (non-hydrogen) atoms. The second-order valence-electron chi connectivity index (χ2n) is 14.9. The summed E-state index contributed by atoms with van der Waals surface area (Å²) in [4.78, 5) is 63.4. The molecule has 14 nitrogen and oxygen atoms in total. The first kappa shape index (κ1) is 40.1. The molecule has 2 aromatic carbocycles. The molecule has 17 heteroatoms. The van der Waals surface area contributed by atoms with Crippen LogP contribution in [-0.4, -0.2) is 86.1 Å². The standard InChI is InChI=1S/C45H35F3N6O8/c1-53-36-12-13-49-23-34(36)31-7-4-25(17-38(31)53)26-5-11-41(51-22-26)62-30-19-29(20-30)61-39-24-50-27(18-35(39)45(46,47)48)3-2-14-59-15-16-60-28-6-8-32-33(21-28)44(58)54(43(32)57)37-9-10-40(55)52-42(37)56/h4-8,11-13,17-18,21-24,29-30,37H,9-10,14-16,19-20H2,1H3,(H,52,55,56). The molecule has 314 valence electrons. The third-order valence-electron chi connectivity index (χ3n) is 11.0. The van der Waals surface area contributed by atoms with Crippen molar-refractivity contribution in [3.8, 4) is 40.3 Å². The number of nitrogens with one attached hydrogen (secondary N) is 1. The van der Waals surface area contributed by atoms with E-state index in [4.69, 9.17) is 18.9 Å². The minimum absolute atomic E-state index is 0.00921. The van der Waals surface area contributed by atoms with Gasteiger partial charge >= 0.3 is 6.18 Å². The maximum Gasteiger partial charge on any atom is 0.420 e. The lowest BCUT2D eigenvalue weighted by molar-refractivity contribution is -0.140. The number of pyridine rings is 3. The number of benzene rings is 2. The molecule has 4 amide bonds. The number of rotatable bonds is 11. The first-order valence-electron chi connectivity index (χ1n) is 19.7. The van der Waals surface area contributed by atoms with Crippen molar-refractivity contribution in [2.75, 3.05) is 19.8 Å². The van der Waals surface area contributed by atoms with Crippen molar-refractivity contribution in [2.24, 2.45) is 7.05 Å². The third kappa shape index (κ3) is 7.87. The number of alkyl halides is 3. The Labute approximate surface area is 351 Å². The Morgan fingerprint density at radius 3 is 2.42 bits per heavy atom. The largest absolute Gasteiger partial charge is 0.491 e. The second-order valence-corrected chi connectivity index (χ2v) is 14.9. The van der Waals surface area contributed by atoms with Crippen molar-refractivity contribution in [1.82, 2.24) is 29.7 Å². The molecule has 0 spiro atoms. The summed E-state index contributed by atoms with van der Waals surface area (Å²) >= 11 is 0. The molecule has 2 fully saturated rings. The summed E-state index contributed by atoms with van der Waals surface area (Å²) < 4.78 is 67.2. The number of hydrogen-bond acceptors (Lipinski definition) is 11. The van der Waals surface area contributed by atoms with Crippen LogP contribution in [0.1, 0.15) is 57.7 Å². The molecular formula is C45H35F3N6O8. The van der Waals surface area contributed by atoms with Crippen LogP contribution in [0.15, 0.2) is 85.5 Å². The van der Waals surface area contributed by atoms with Gasteiger partial charge in [0.15, 0.2) is 0 Å². The molecule has 9 rings (SSSR count). The molecule has 1 aliphatic carbocycles. The number of fused-ring (bicyclic) bond motifs is 4. The van der Waals surface area contributed by atoms with Crippen LogP contribution in [0.2, 0.25) is 0 Å². The van der Waals surface area contributed by atoms with E-state index < -0.39 is 53.3 Å². The summed E-state index contributed by atoms with van der Waals surface area (Å²) in [6.07, 6.45) is 1.65. The third-order valence-corrected chi connectivity index (χ3v) is 11.0. The molecule has 4 aromatic heterocycles. The quantitative estimate of drug-likeness (QED) is 0.0919. The number of aromatic nitrogens is 4. The van der Waals surface area contributed by atoms with Crippen LogP contribution in [0.3, 0.4) is 0 Å². The number of imide groups is 2. The SMILES string of the molecule is Cn1c2ccncc2c2ccc(-c3ccc(OC4CC(Oc5cnc(C#CCOCCOc6ccc7c(c6)C(=O)N(C6CCC(=O)NC6=O)C7=O)cc5C(F)(F)F)C4)nc3)cc21. The summed E-state index contributed by atoms with van der Waals surface area (Å²) in [5.41, 5.74) is 3.13. The predicted molar refractivity (Wildman–Crippen MR) is 215 cm³/mol. The van der Waals surface area contributed by atoms with Gasteiger partial charge < -0.3 is 23.5 Å². The summed E-state index contributed by atoms with van der Waals surface area (Å²) in [5, 5.41) is 4.34. The lowest BCUT2D eigenvalue weighted by Crippen LogP contribution is -2.54. The summed E-state index contributed by atoms with van der Waals surface area (Å²) in [6, 6.07) is 16.0. The lowest BCUT2D eigenvalue weighted by Gasteiger charge is -2.35. The minimum Gasteiger partial charge on any atom is -0.491 e. The number of halogens is 3. The van der Waals surface area contributed by atoms with Gasteiger partial charge in [0.1, 0.15) is 54.2 Å². The molecule has 1 atom stereocenters. The van der Waals surface area contributed by atoms with E-state index in [9.17, 15) is 32.3 Å². The average molecular weight is 845 g/mol. The number of amides is 4. The van der Waals surface area contributed by atoms with Crippen LogP contribution in [0.4, 0.5) is 13.2 Å². The van der Waals surface area contributed by atoms with Crippen molar-refractivity contribution < 1.29 is 51.3 Å². The van der Waals surface area contributed by atoms with E-state index in [0.717, 1.165) is 50.1 Å². The van der Waals surface area contributed by atoms with E-state index in [1.54, 1.807) is 18.5 Å². The van der Waals surface area contributed by atoms with Gasteiger partial charge in [0.05, 0.1) is 29.4 Å². The Hall–Kier alpha value is -7.32. The van der Waals surface area contributed by atoms with E-state index in [-0.39, 0.29) is 61.3 Å². The Bertz CT molecular complexity index is 2840. The van der Waals surface area contributed by atoms with Crippen LogP contribution in [0.5, 0.6) is 17.4 Å². The topological polar surface area (TPSA) is 164 Å². The van der Waals surface area contributed by atoms with Gasteiger partial charge in [0.2, 0.25) is 17.7 Å². The van der Waals surface area contributed by atoms with E-state index in [1.165, 1.54) is 18.2 Å². The van der Waals surface area contributed by atoms with Gasteiger partial charge in [-0.3, -0.25) is 34.4 Å². The molecule has 6 heterocycles. The Morgan fingerprint density at radius 2 is 1.63 bits per heavy atom. The number of piperidine rings is 1. The molecule has 6 aromatic rings. The fourth-order valence-electron chi connectivity index (χ4n) is 7.75. The van der Waals surface area contributed by atoms with Gasteiger partial charge in [-0.2, -0.15) is 13.2 Å². The zero-order valence-corrected chi connectivity index (χ0v) is 32.9. The van der Waals surface area contributed by atoms with Crippen molar-refractivity contribution in [2.45, 2.75) is 50.1 Å². The maximum atomic E-state index is 14.1. The molecular weight excluding hydrogens is 810 g/mol. The van der Waals surface area contributed by atoms with Crippen molar-refractivity contribution in [1.29, 1.82) is 0 Å². The van der Waals surface area contributed by atoms with Gasteiger partial charge in [-0.1, -0.05) is 18.1 Å². The molecule has 0 radical (unpaired) electrons. The first-order valence-corrected chi connectivity index (χ1v) is 19.7. The van der Waals surface area contributed by atoms with Gasteiger partial charge in [-0.25, -0.2) is 9.97 Å². The number of nitrogens with zero attached hydrogens (tertiary/aromatic N) is 5. The van der Waals surface area contributed by atoms with Gasteiger partial charge in [-0.05, 0) is 60.4 Å². The van der Waals surface area contributed by atoms with Crippen LogP contribution in [0, 0.1) is 11.8 Å². The molecule has 0 bridgehead atoms. The monoisotopic (exact) mass is 844 g/mol. The fraction of sp³-hybridized carbons (Fsp3) is 0.267. The van der Waals surface area contributed by atoms with Crippen molar-refractivity contribution in [3.63, 3.8) is 0 Å². The van der Waals surface area contributed by atoms with Gasteiger partial charge in [0.25, 0.3) is 11.8 Å². The number of ether oxygens (including phenoxy) is 4. The van der Waals surface area contributed by atoms with Crippen LogP contribution in [0.25, 0.3) is 32.9 Å². The van der Waals surface area contributed by atoms with Gasteiger partial charge in [0, 0.05) is 72.8 Å². The Morgan fingerprint density at radius 1 is 0.823 bits per heavy atom. The summed E-state index contributed by atoms with van der Waals surface area (Å²) in [5.74, 6) is 3.03. The average Bonchev–Trinajstić information content (AvgIpc) is 3.67. The fourth-order valence-corrected chi connectivity index (χ4v) is 7.75. The van der Waals surface area contributed by atoms with E-state index >= 15 is 0 Å². The van der Waals surface area contributed by atoms with Crippen LogP contribution >= 0.6 is 0 Å². The van der Waals surface area contributed by atoms with E-state index in [2.05, 4.69) is 48.8 Å². The Kier molecular flexibility index (Phi) is 10.5. The van der Waals surface area contributed by atoms with Crippen LogP contribution < -0.4 is 19.5 Å². The highest BCUT2D eigenvalue weighted by Crippen LogP contribution is 2.39. The molecule has 1 unspecified atom stereocenters. The molecule has 3 aliphatic rings. The normalized spacial score (nSPS) is 18.6. The number of aryl methyl sites for hydroxylation is 1. The smallest absolute Gasteiger partial charge is 0.420 e. The summed E-state index contributed by atoms with van der Waals surface area (Å²) in [6.45, 7) is -0.0623. The maximum absolute atomic E-state index is 14.1. The van der Waals surface area contributed by atoms with E-state index in [0.29, 0.717) is 18.7 Å².